The normalized spacial score (nSPS) is 11.2. The van der Waals surface area contributed by atoms with Crippen molar-refractivity contribution in [2.45, 2.75) is 24.7 Å². The van der Waals surface area contributed by atoms with E-state index in [4.69, 9.17) is 4.74 Å². The first kappa shape index (κ1) is 20.9. The number of amides is 1. The third kappa shape index (κ3) is 5.59. The van der Waals surface area contributed by atoms with Gasteiger partial charge in [0, 0.05) is 12.1 Å². The smallest absolute Gasteiger partial charge is 0.270 e. The molecule has 0 bridgehead atoms. The molecule has 152 valence electrons. The topological polar surface area (TPSA) is 110 Å². The molecule has 0 aliphatic rings. The molecule has 10 heteroatoms. The van der Waals surface area contributed by atoms with Gasteiger partial charge in [-0.05, 0) is 43.7 Å². The van der Waals surface area contributed by atoms with Crippen LogP contribution in [0.5, 0.6) is 5.75 Å². The van der Waals surface area contributed by atoms with E-state index in [-0.39, 0.29) is 21.9 Å². The van der Waals surface area contributed by atoms with E-state index >= 15 is 0 Å². The van der Waals surface area contributed by atoms with Gasteiger partial charge in [0.05, 0.1) is 6.61 Å². The number of sulfonamides is 1. The Hall–Kier alpha value is -2.82. The van der Waals surface area contributed by atoms with Gasteiger partial charge in [-0.1, -0.05) is 41.2 Å². The molecule has 1 amide bonds. The first-order valence-corrected chi connectivity index (χ1v) is 11.1. The summed E-state index contributed by atoms with van der Waals surface area (Å²) in [5.74, 6) is 0.284. The van der Waals surface area contributed by atoms with Crippen LogP contribution in [-0.2, 0) is 16.6 Å². The fourth-order valence-corrected chi connectivity index (χ4v) is 4.35. The maximum Gasteiger partial charge on any atom is 0.270 e. The van der Waals surface area contributed by atoms with Crippen LogP contribution in [0.15, 0.2) is 52.9 Å². The number of ether oxygens (including phenoxy) is 1. The second-order valence-electron chi connectivity index (χ2n) is 6.10. The van der Waals surface area contributed by atoms with Crippen molar-refractivity contribution >= 4 is 32.4 Å². The molecule has 3 aromatic rings. The second kappa shape index (κ2) is 9.12. The number of benzene rings is 2. The summed E-state index contributed by atoms with van der Waals surface area (Å²) < 4.78 is 32.6. The van der Waals surface area contributed by atoms with Crippen LogP contribution < -0.4 is 14.8 Å². The summed E-state index contributed by atoms with van der Waals surface area (Å²) in [5.41, 5.74) is 2.23. The minimum atomic E-state index is -3.87. The van der Waals surface area contributed by atoms with Crippen LogP contribution in [0, 0.1) is 6.92 Å². The van der Waals surface area contributed by atoms with Crippen molar-refractivity contribution in [2.75, 3.05) is 11.9 Å². The third-order valence-electron chi connectivity index (χ3n) is 3.85. The summed E-state index contributed by atoms with van der Waals surface area (Å²) in [6.45, 7) is 4.40. The number of carbonyl (C=O) groups excluding carboxylic acids is 1. The fraction of sp³-hybridized carbons (Fsp3) is 0.211. The number of hydrogen-bond donors (Lipinski definition) is 2. The Morgan fingerprint density at radius 1 is 1.14 bits per heavy atom. The maximum absolute atomic E-state index is 12.5. The third-order valence-corrected chi connectivity index (χ3v) is 6.45. The molecule has 0 aliphatic carbocycles. The number of carbonyl (C=O) groups is 1. The summed E-state index contributed by atoms with van der Waals surface area (Å²) in [4.78, 5) is 12.2. The van der Waals surface area contributed by atoms with Crippen molar-refractivity contribution in [3.8, 4) is 5.75 Å². The van der Waals surface area contributed by atoms with Gasteiger partial charge in [-0.2, -0.15) is 0 Å². The molecule has 0 fully saturated rings. The Balaban J connectivity index is 1.64. The molecule has 0 atom stereocenters. The monoisotopic (exact) mass is 432 g/mol. The summed E-state index contributed by atoms with van der Waals surface area (Å²) >= 11 is 0.783. The maximum atomic E-state index is 12.5. The van der Waals surface area contributed by atoms with Gasteiger partial charge in [0.15, 0.2) is 0 Å². The molecule has 0 spiro atoms. The van der Waals surface area contributed by atoms with Gasteiger partial charge < -0.3 is 4.74 Å². The molecule has 1 heterocycles. The number of hydrogen-bond acceptors (Lipinski definition) is 7. The standard InChI is InChI=1S/C19H20N4O4S2/c1-3-27-16-6-4-5-14(11-16)12-20-29(25,26)19-23-22-18(28-19)21-17(24)15-9-7-13(2)8-10-15/h4-11,20H,3,12H2,1-2H3,(H,21,22,24). The molecule has 0 saturated heterocycles. The minimum Gasteiger partial charge on any atom is -0.494 e. The summed E-state index contributed by atoms with van der Waals surface area (Å²) in [5, 5.41) is 10.1. The molecule has 0 radical (unpaired) electrons. The molecule has 0 saturated carbocycles. The molecule has 2 N–H and O–H groups in total. The molecular formula is C19H20N4O4S2. The Morgan fingerprint density at radius 2 is 1.90 bits per heavy atom. The molecule has 1 aromatic heterocycles. The van der Waals surface area contributed by atoms with Gasteiger partial charge >= 0.3 is 0 Å². The molecule has 8 nitrogen and oxygen atoms in total. The molecule has 3 rings (SSSR count). The highest BCUT2D eigenvalue weighted by molar-refractivity contribution is 7.91. The summed E-state index contributed by atoms with van der Waals surface area (Å²) in [6, 6.07) is 14.1. The Morgan fingerprint density at radius 3 is 2.62 bits per heavy atom. The lowest BCUT2D eigenvalue weighted by Crippen LogP contribution is -2.23. The molecule has 2 aromatic carbocycles. The lowest BCUT2D eigenvalue weighted by Gasteiger charge is -2.07. The van der Waals surface area contributed by atoms with E-state index in [9.17, 15) is 13.2 Å². The number of nitrogens with one attached hydrogen (secondary N) is 2. The van der Waals surface area contributed by atoms with Crippen LogP contribution >= 0.6 is 11.3 Å². The zero-order chi connectivity index (χ0) is 20.9. The van der Waals surface area contributed by atoms with Gasteiger partial charge in [-0.3, -0.25) is 10.1 Å². The molecular weight excluding hydrogens is 412 g/mol. The zero-order valence-corrected chi connectivity index (χ0v) is 17.5. The highest BCUT2D eigenvalue weighted by Crippen LogP contribution is 2.21. The van der Waals surface area contributed by atoms with E-state index < -0.39 is 10.0 Å². The van der Waals surface area contributed by atoms with E-state index in [0.29, 0.717) is 17.9 Å². The van der Waals surface area contributed by atoms with Gasteiger partial charge in [0.25, 0.3) is 15.9 Å². The number of anilines is 1. The van der Waals surface area contributed by atoms with Gasteiger partial charge in [-0.15, -0.1) is 10.2 Å². The van der Waals surface area contributed by atoms with E-state index in [0.717, 1.165) is 22.5 Å². The lowest BCUT2D eigenvalue weighted by atomic mass is 10.1. The SMILES string of the molecule is CCOc1cccc(CNS(=O)(=O)c2nnc(NC(=O)c3ccc(C)cc3)s2)c1. The van der Waals surface area contributed by atoms with Crippen LogP contribution in [0.3, 0.4) is 0 Å². The number of nitrogens with zero attached hydrogens (tertiary/aromatic N) is 2. The average Bonchev–Trinajstić information content (AvgIpc) is 3.17. The molecule has 0 unspecified atom stereocenters. The summed E-state index contributed by atoms with van der Waals surface area (Å²) in [7, 11) is -3.87. The van der Waals surface area contributed by atoms with Crippen molar-refractivity contribution in [3.05, 3.63) is 65.2 Å². The largest absolute Gasteiger partial charge is 0.494 e. The van der Waals surface area contributed by atoms with Crippen LogP contribution in [0.25, 0.3) is 0 Å². The van der Waals surface area contributed by atoms with Crippen LogP contribution in [0.2, 0.25) is 0 Å². The Bertz CT molecular complexity index is 1100. The minimum absolute atomic E-state index is 0.0773. The Labute approximate surface area is 173 Å². The molecule has 0 aliphatic heterocycles. The van der Waals surface area contributed by atoms with Crippen LogP contribution in [0.1, 0.15) is 28.4 Å². The van der Waals surface area contributed by atoms with E-state index in [2.05, 4.69) is 20.2 Å². The van der Waals surface area contributed by atoms with E-state index in [1.54, 1.807) is 36.4 Å². The predicted octanol–water partition coefficient (Wildman–Crippen LogP) is 2.98. The first-order valence-electron chi connectivity index (χ1n) is 8.80. The first-order chi connectivity index (χ1) is 13.9. The van der Waals surface area contributed by atoms with Crippen molar-refractivity contribution in [2.24, 2.45) is 0 Å². The summed E-state index contributed by atoms with van der Waals surface area (Å²) in [6.07, 6.45) is 0. The van der Waals surface area contributed by atoms with Crippen LogP contribution in [0.4, 0.5) is 5.13 Å². The van der Waals surface area contributed by atoms with Crippen molar-refractivity contribution < 1.29 is 17.9 Å². The van der Waals surface area contributed by atoms with E-state index in [1.807, 2.05) is 26.0 Å². The van der Waals surface area contributed by atoms with Gasteiger partial charge in [0.1, 0.15) is 5.75 Å². The zero-order valence-electron chi connectivity index (χ0n) is 15.9. The quantitative estimate of drug-likeness (QED) is 0.530. The van der Waals surface area contributed by atoms with Gasteiger partial charge in [-0.25, -0.2) is 13.1 Å². The van der Waals surface area contributed by atoms with Crippen molar-refractivity contribution in [1.82, 2.24) is 14.9 Å². The van der Waals surface area contributed by atoms with E-state index in [1.165, 1.54) is 0 Å². The predicted molar refractivity (Wildman–Crippen MR) is 111 cm³/mol. The number of aromatic nitrogens is 2. The number of rotatable bonds is 8. The highest BCUT2D eigenvalue weighted by Gasteiger charge is 2.21. The van der Waals surface area contributed by atoms with Gasteiger partial charge in [0.2, 0.25) is 9.47 Å². The average molecular weight is 433 g/mol. The van der Waals surface area contributed by atoms with Crippen molar-refractivity contribution in [1.29, 1.82) is 0 Å². The molecule has 29 heavy (non-hydrogen) atoms. The number of aryl methyl sites for hydroxylation is 1. The fourth-order valence-electron chi connectivity index (χ4n) is 2.40. The highest BCUT2D eigenvalue weighted by atomic mass is 32.2. The van der Waals surface area contributed by atoms with Crippen molar-refractivity contribution in [3.63, 3.8) is 0 Å². The Kier molecular flexibility index (Phi) is 6.57. The lowest BCUT2D eigenvalue weighted by molar-refractivity contribution is 0.102. The second-order valence-corrected chi connectivity index (χ2v) is 9.02. The van der Waals surface area contributed by atoms with Crippen LogP contribution in [-0.4, -0.2) is 31.1 Å².